The molecule has 2 aliphatic heterocycles. The van der Waals surface area contributed by atoms with E-state index in [0.717, 1.165) is 49.4 Å². The van der Waals surface area contributed by atoms with Gasteiger partial charge in [0, 0.05) is 82.8 Å². The van der Waals surface area contributed by atoms with Crippen LogP contribution in [0.15, 0.2) is 138 Å². The summed E-state index contributed by atoms with van der Waals surface area (Å²) in [4.78, 5) is 63.8. The standard InChI is InChI=1S/C30H30N4O2S.C20H19N3O2.C10H11NS.C2H3N/c1-18(2)19-11-13-22(14-12-19)31-30(37)32-24-10-6-8-21-17-20-7-5-9-23-25(20)27(26(21)24)29(36)34(28(23)35)16-15-33(3)4;1-22(2)9-10-23-19(24)14-7-3-5-12-11-13-6-4-8-15(21)17(13)18(16(12)14)20(23)25;1-8(2)9-3-5-10(6-4-9)11-7-12;1-2-3/h5-14,17-18H,15-16H2,1-4H3,(H2,31,32,37);3-8,11H,9-10,21H2,1-2H3;3-6,8H,1-2H3;1H3. The van der Waals surface area contributed by atoms with E-state index in [-0.39, 0.29) is 23.6 Å². The van der Waals surface area contributed by atoms with Crippen molar-refractivity contribution in [2.24, 2.45) is 4.99 Å². The minimum atomic E-state index is -0.279. The van der Waals surface area contributed by atoms with Gasteiger partial charge in [0.2, 0.25) is 0 Å². The number of isothiocyanates is 1. The second kappa shape index (κ2) is 25.1. The zero-order chi connectivity index (χ0) is 55.7. The van der Waals surface area contributed by atoms with Gasteiger partial charge in [-0.1, -0.05) is 100 Å². The van der Waals surface area contributed by atoms with E-state index in [4.69, 9.17) is 23.2 Å². The summed E-state index contributed by atoms with van der Waals surface area (Å²) in [6.45, 7) is 11.9. The molecule has 0 saturated heterocycles. The van der Waals surface area contributed by atoms with Gasteiger partial charge in [-0.3, -0.25) is 29.0 Å². The highest BCUT2D eigenvalue weighted by molar-refractivity contribution is 7.80. The number of rotatable bonds is 11. The Bertz CT molecular complexity index is 3660. The molecule has 8 aromatic carbocycles. The Balaban J connectivity index is 0.000000184. The summed E-state index contributed by atoms with van der Waals surface area (Å²) in [5, 5.41) is 23.1. The molecule has 8 aromatic rings. The summed E-state index contributed by atoms with van der Waals surface area (Å²) in [6.07, 6.45) is 0. The molecule has 0 fully saturated rings. The molecule has 0 unspecified atom stereocenters. The van der Waals surface area contributed by atoms with Crippen LogP contribution in [0.3, 0.4) is 0 Å². The normalized spacial score (nSPS) is 12.5. The van der Waals surface area contributed by atoms with Crippen LogP contribution in [0.5, 0.6) is 0 Å². The highest BCUT2D eigenvalue weighted by Crippen LogP contribution is 2.40. The van der Waals surface area contributed by atoms with Gasteiger partial charge in [0.05, 0.1) is 28.0 Å². The molecular weight excluding hydrogens is 999 g/mol. The van der Waals surface area contributed by atoms with Gasteiger partial charge < -0.3 is 26.2 Å². The zero-order valence-corrected chi connectivity index (χ0v) is 46.5. The predicted molar refractivity (Wildman–Crippen MR) is 322 cm³/mol. The van der Waals surface area contributed by atoms with E-state index in [2.05, 4.69) is 85.0 Å². The van der Waals surface area contributed by atoms with Gasteiger partial charge in [-0.15, -0.1) is 0 Å². The molecule has 0 atom stereocenters. The smallest absolute Gasteiger partial charge is 0.262 e. The number of hydrogen-bond acceptors (Lipinski definition) is 11. The molecule has 4 N–H and O–H groups in total. The number of nitrogens with one attached hydrogen (secondary N) is 2. The summed E-state index contributed by atoms with van der Waals surface area (Å²) in [6, 6.07) is 44.6. The van der Waals surface area contributed by atoms with Crippen molar-refractivity contribution in [2.45, 2.75) is 46.5 Å². The van der Waals surface area contributed by atoms with E-state index in [1.165, 1.54) is 27.9 Å². The third-order valence-corrected chi connectivity index (χ3v) is 13.6. The largest absolute Gasteiger partial charge is 0.398 e. The van der Waals surface area contributed by atoms with E-state index in [1.807, 2.05) is 129 Å². The van der Waals surface area contributed by atoms with Crippen molar-refractivity contribution in [2.75, 3.05) is 70.7 Å². The molecule has 2 aliphatic rings. The molecule has 392 valence electrons. The fourth-order valence-electron chi connectivity index (χ4n) is 9.35. The molecule has 2 heterocycles. The molecule has 0 aromatic heterocycles. The number of nitriles is 1. The van der Waals surface area contributed by atoms with Crippen molar-refractivity contribution >= 4 is 124 Å². The van der Waals surface area contributed by atoms with Gasteiger partial charge in [-0.25, -0.2) is 0 Å². The topological polar surface area (TPSA) is 167 Å². The highest BCUT2D eigenvalue weighted by atomic mass is 32.1. The summed E-state index contributed by atoms with van der Waals surface area (Å²) in [5.74, 6) is -0.0168. The van der Waals surface area contributed by atoms with Crippen LogP contribution in [0.2, 0.25) is 0 Å². The van der Waals surface area contributed by atoms with Crippen molar-refractivity contribution in [1.82, 2.24) is 19.6 Å². The maximum absolute atomic E-state index is 13.9. The van der Waals surface area contributed by atoms with Crippen LogP contribution >= 0.6 is 24.4 Å². The van der Waals surface area contributed by atoms with Gasteiger partial charge >= 0.3 is 0 Å². The Morgan fingerprint density at radius 1 is 0.597 bits per heavy atom. The molecule has 0 bridgehead atoms. The number of hydrogen-bond donors (Lipinski definition) is 3. The minimum Gasteiger partial charge on any atom is -0.398 e. The number of imide groups is 2. The Morgan fingerprint density at radius 3 is 1.47 bits per heavy atom. The van der Waals surface area contributed by atoms with Gasteiger partial charge in [0.25, 0.3) is 23.6 Å². The van der Waals surface area contributed by atoms with E-state index in [1.54, 1.807) is 24.3 Å². The molecule has 13 nitrogen and oxygen atoms in total. The quantitative estimate of drug-likeness (QED) is 0.0369. The van der Waals surface area contributed by atoms with Crippen molar-refractivity contribution in [1.29, 1.82) is 5.26 Å². The third-order valence-electron chi connectivity index (χ3n) is 13.3. The average Bonchev–Trinajstić information content (AvgIpc) is 3.53. The summed E-state index contributed by atoms with van der Waals surface area (Å²) >= 11 is 10.1. The highest BCUT2D eigenvalue weighted by Gasteiger charge is 2.36. The summed E-state index contributed by atoms with van der Waals surface area (Å²) in [7, 11) is 7.69. The first-order valence-electron chi connectivity index (χ1n) is 25.3. The minimum absolute atomic E-state index is 0.237. The summed E-state index contributed by atoms with van der Waals surface area (Å²) in [5.41, 5.74) is 14.0. The lowest BCUT2D eigenvalue weighted by molar-refractivity contribution is 0.0587. The van der Waals surface area contributed by atoms with Gasteiger partial charge in [-0.05, 0) is 158 Å². The van der Waals surface area contributed by atoms with Crippen LogP contribution < -0.4 is 16.4 Å². The van der Waals surface area contributed by atoms with E-state index in [9.17, 15) is 19.2 Å². The fraction of sp³-hybridized carbons (Fsp3) is 0.242. The number of nitrogen functional groups attached to an aromatic ring is 1. The fourth-order valence-corrected chi connectivity index (χ4v) is 9.69. The van der Waals surface area contributed by atoms with Crippen LogP contribution in [0.25, 0.3) is 43.1 Å². The van der Waals surface area contributed by atoms with Crippen LogP contribution in [-0.2, 0) is 0 Å². The zero-order valence-electron chi connectivity index (χ0n) is 44.9. The number of carbonyl (C=O) groups is 4. The van der Waals surface area contributed by atoms with Gasteiger partial charge in [-0.2, -0.15) is 10.3 Å². The first kappa shape index (κ1) is 56.5. The van der Waals surface area contributed by atoms with Crippen LogP contribution in [0, 0.1) is 11.3 Å². The lowest BCUT2D eigenvalue weighted by atomic mass is 9.89. The number of aliphatic imine (C=N–C) groups is 1. The number of nitrogens with two attached hydrogens (primary N) is 1. The number of likely N-dealkylation sites (N-methyl/N-ethyl adjacent to an activating group) is 2. The maximum atomic E-state index is 13.9. The van der Waals surface area contributed by atoms with Crippen LogP contribution in [0.1, 0.15) is 99.0 Å². The SMILES string of the molecule is CC#N.CC(C)c1ccc(N=C=S)cc1.CC(C)c1ccc(NC(=S)Nc2cccc3cc4cccc5c4c(c23)C(=O)N(CCN(C)C)C5=O)cc1.CN(C)CCN1C(=O)c2cccc3cc4cccc(N)c4c(c23)C1=O. The maximum Gasteiger partial charge on any atom is 0.262 e. The molecule has 77 heavy (non-hydrogen) atoms. The third kappa shape index (κ3) is 12.6. The Kier molecular flexibility index (Phi) is 18.4. The van der Waals surface area contributed by atoms with Crippen molar-refractivity contribution in [3.8, 4) is 6.07 Å². The Hall–Kier alpha value is -8.22. The molecule has 0 radical (unpaired) electrons. The second-order valence-electron chi connectivity index (χ2n) is 19.8. The average molecular weight is 1060 g/mol. The first-order chi connectivity index (χ1) is 36.9. The summed E-state index contributed by atoms with van der Waals surface area (Å²) < 4.78 is 0. The van der Waals surface area contributed by atoms with Gasteiger partial charge in [0.15, 0.2) is 5.11 Å². The number of fused-ring (bicyclic) bond motifs is 4. The first-order valence-corrected chi connectivity index (χ1v) is 26.1. The van der Waals surface area contributed by atoms with Crippen LogP contribution in [-0.4, -0.2) is 108 Å². The van der Waals surface area contributed by atoms with Gasteiger partial charge in [0.1, 0.15) is 0 Å². The lowest BCUT2D eigenvalue weighted by Crippen LogP contribution is -2.43. The molecular formula is C62H63N9O4S2. The number of thiocarbonyl (C=S) groups is 2. The second-order valence-corrected chi connectivity index (χ2v) is 20.4. The van der Waals surface area contributed by atoms with Crippen molar-refractivity contribution in [3.05, 3.63) is 167 Å². The molecule has 4 amide bonds. The molecule has 0 spiro atoms. The molecule has 0 saturated carbocycles. The number of amides is 4. The van der Waals surface area contributed by atoms with E-state index in [0.29, 0.717) is 81.8 Å². The van der Waals surface area contributed by atoms with Crippen molar-refractivity contribution < 1.29 is 19.2 Å². The molecule has 15 heteroatoms. The van der Waals surface area contributed by atoms with Crippen LogP contribution in [0.4, 0.5) is 22.7 Å². The predicted octanol–water partition coefficient (Wildman–Crippen LogP) is 12.9. The monoisotopic (exact) mass is 1060 g/mol. The van der Waals surface area contributed by atoms with Crippen molar-refractivity contribution in [3.63, 3.8) is 0 Å². The van der Waals surface area contributed by atoms with E-state index >= 15 is 0 Å². The number of benzene rings is 8. The lowest BCUT2D eigenvalue weighted by Gasteiger charge is -2.29. The Labute approximate surface area is 460 Å². The molecule has 10 rings (SSSR count). The number of carbonyl (C=O) groups excluding carboxylic acids is 4. The number of anilines is 3. The number of nitrogens with zero attached hydrogens (tertiary/aromatic N) is 6. The molecule has 0 aliphatic carbocycles. The van der Waals surface area contributed by atoms with E-state index < -0.39 is 0 Å². The Morgan fingerprint density at radius 2 is 1.01 bits per heavy atom.